The van der Waals surface area contributed by atoms with Gasteiger partial charge in [0.15, 0.2) is 0 Å². The van der Waals surface area contributed by atoms with Crippen LogP contribution in [0.2, 0.25) is 5.02 Å². The third-order valence-corrected chi connectivity index (χ3v) is 3.22. The minimum Gasteiger partial charge on any atom is -0.319 e. The maximum absolute atomic E-state index is 6.00. The third kappa shape index (κ3) is 2.95. The molecule has 0 amide bonds. The van der Waals surface area contributed by atoms with Crippen LogP contribution in [-0.2, 0) is 6.54 Å². The van der Waals surface area contributed by atoms with Crippen LogP contribution < -0.4 is 5.32 Å². The molecule has 0 aliphatic heterocycles. The topological polar surface area (TPSA) is 17.0 Å². The van der Waals surface area contributed by atoms with Crippen molar-refractivity contribution < 1.29 is 0 Å². The first-order valence-corrected chi connectivity index (χ1v) is 6.73. The van der Waals surface area contributed by atoms with Crippen LogP contribution in [0.15, 0.2) is 36.5 Å². The number of benzene rings is 1. The highest BCUT2D eigenvalue weighted by molar-refractivity contribution is 6.30. The molecule has 18 heavy (non-hydrogen) atoms. The molecule has 2 rings (SSSR count). The minimum absolute atomic E-state index is 0.786. The minimum atomic E-state index is 0.786. The summed E-state index contributed by atoms with van der Waals surface area (Å²) in [7, 11) is 0. The molecule has 96 valence electrons. The molecular formula is C15H19ClN2. The first kappa shape index (κ1) is 13.2. The van der Waals surface area contributed by atoms with Crippen molar-refractivity contribution in [1.82, 2.24) is 9.88 Å². The molecule has 2 nitrogen and oxygen atoms in total. The first-order chi connectivity index (χ1) is 8.72. The number of halogens is 1. The average molecular weight is 263 g/mol. The summed E-state index contributed by atoms with van der Waals surface area (Å²) in [6.45, 7) is 6.20. The van der Waals surface area contributed by atoms with Crippen molar-refractivity contribution in [3.8, 4) is 5.69 Å². The molecule has 0 bridgehead atoms. The van der Waals surface area contributed by atoms with Crippen LogP contribution in [0, 0.1) is 6.92 Å². The zero-order valence-electron chi connectivity index (χ0n) is 10.9. The molecule has 0 radical (unpaired) electrons. The van der Waals surface area contributed by atoms with Crippen LogP contribution >= 0.6 is 11.6 Å². The van der Waals surface area contributed by atoms with E-state index in [2.05, 4.69) is 48.1 Å². The number of nitrogens with zero attached hydrogens (tertiary/aromatic N) is 1. The van der Waals surface area contributed by atoms with Crippen LogP contribution in [0.1, 0.15) is 24.6 Å². The van der Waals surface area contributed by atoms with Gasteiger partial charge >= 0.3 is 0 Å². The van der Waals surface area contributed by atoms with E-state index in [-0.39, 0.29) is 0 Å². The predicted molar refractivity (Wildman–Crippen MR) is 77.5 cm³/mol. The summed E-state index contributed by atoms with van der Waals surface area (Å²) in [5.41, 5.74) is 3.65. The van der Waals surface area contributed by atoms with Gasteiger partial charge in [-0.15, -0.1) is 0 Å². The van der Waals surface area contributed by atoms with Gasteiger partial charge < -0.3 is 9.88 Å². The SMILES string of the molecule is CCCNCc1cccn1-c1ccc(Cl)cc1C. The fourth-order valence-electron chi connectivity index (χ4n) is 2.08. The number of rotatable bonds is 5. The Labute approximate surface area is 114 Å². The fourth-order valence-corrected chi connectivity index (χ4v) is 2.30. The molecule has 0 spiro atoms. The molecule has 0 aliphatic carbocycles. The van der Waals surface area contributed by atoms with E-state index in [1.807, 2.05) is 12.1 Å². The molecule has 0 aliphatic rings. The Morgan fingerprint density at radius 3 is 2.83 bits per heavy atom. The van der Waals surface area contributed by atoms with Crippen molar-refractivity contribution in [3.05, 3.63) is 52.8 Å². The van der Waals surface area contributed by atoms with E-state index in [0.717, 1.165) is 24.5 Å². The van der Waals surface area contributed by atoms with Crippen LogP contribution in [0.25, 0.3) is 5.69 Å². The van der Waals surface area contributed by atoms with E-state index >= 15 is 0 Å². The van der Waals surface area contributed by atoms with Crippen LogP contribution in [0.5, 0.6) is 0 Å². The van der Waals surface area contributed by atoms with E-state index < -0.39 is 0 Å². The van der Waals surface area contributed by atoms with E-state index in [1.165, 1.54) is 16.9 Å². The Morgan fingerprint density at radius 1 is 1.28 bits per heavy atom. The lowest BCUT2D eigenvalue weighted by Gasteiger charge is -2.13. The second-order valence-corrected chi connectivity index (χ2v) is 4.91. The highest BCUT2D eigenvalue weighted by Crippen LogP contribution is 2.20. The lowest BCUT2D eigenvalue weighted by Crippen LogP contribution is -2.16. The summed E-state index contributed by atoms with van der Waals surface area (Å²) in [5, 5.41) is 4.22. The standard InChI is InChI=1S/C15H19ClN2/c1-3-8-17-11-14-5-4-9-18(14)15-7-6-13(16)10-12(15)2/h4-7,9-10,17H,3,8,11H2,1-2H3. The number of aromatic nitrogens is 1. The van der Waals surface area contributed by atoms with Gasteiger partial charge in [-0.05, 0) is 55.8 Å². The maximum Gasteiger partial charge on any atom is 0.0483 e. The molecule has 1 heterocycles. The number of nitrogens with one attached hydrogen (secondary N) is 1. The average Bonchev–Trinajstić information content (AvgIpc) is 2.78. The van der Waals surface area contributed by atoms with Crippen molar-refractivity contribution >= 4 is 11.6 Å². The monoisotopic (exact) mass is 262 g/mol. The molecule has 0 saturated heterocycles. The predicted octanol–water partition coefficient (Wildman–Crippen LogP) is 3.94. The number of aryl methyl sites for hydroxylation is 1. The van der Waals surface area contributed by atoms with Gasteiger partial charge in [0, 0.05) is 29.1 Å². The smallest absolute Gasteiger partial charge is 0.0483 e. The van der Waals surface area contributed by atoms with Gasteiger partial charge in [0.05, 0.1) is 0 Å². The Morgan fingerprint density at radius 2 is 2.11 bits per heavy atom. The largest absolute Gasteiger partial charge is 0.319 e. The third-order valence-electron chi connectivity index (χ3n) is 2.98. The van der Waals surface area contributed by atoms with E-state index in [1.54, 1.807) is 0 Å². The molecule has 0 atom stereocenters. The number of hydrogen-bond donors (Lipinski definition) is 1. The van der Waals surface area contributed by atoms with Gasteiger partial charge in [-0.2, -0.15) is 0 Å². The Bertz CT molecular complexity index is 517. The highest BCUT2D eigenvalue weighted by Gasteiger charge is 2.05. The molecule has 3 heteroatoms. The lowest BCUT2D eigenvalue weighted by atomic mass is 10.2. The fraction of sp³-hybridized carbons (Fsp3) is 0.333. The Hall–Kier alpha value is -1.25. The van der Waals surface area contributed by atoms with Gasteiger partial charge in [-0.1, -0.05) is 18.5 Å². The van der Waals surface area contributed by atoms with E-state index in [9.17, 15) is 0 Å². The molecule has 0 unspecified atom stereocenters. The molecule has 1 aromatic heterocycles. The van der Waals surface area contributed by atoms with Gasteiger partial charge in [0.1, 0.15) is 0 Å². The molecule has 0 saturated carbocycles. The highest BCUT2D eigenvalue weighted by atomic mass is 35.5. The first-order valence-electron chi connectivity index (χ1n) is 6.36. The van der Waals surface area contributed by atoms with Crippen LogP contribution in [-0.4, -0.2) is 11.1 Å². The second kappa shape index (κ2) is 6.07. The lowest BCUT2D eigenvalue weighted by molar-refractivity contribution is 0.656. The number of hydrogen-bond acceptors (Lipinski definition) is 1. The summed E-state index contributed by atoms with van der Waals surface area (Å²) in [4.78, 5) is 0. The summed E-state index contributed by atoms with van der Waals surface area (Å²) in [6.07, 6.45) is 3.25. The van der Waals surface area contributed by atoms with Gasteiger partial charge in [0.2, 0.25) is 0 Å². The molecule has 1 aromatic carbocycles. The molecule has 0 fully saturated rings. The molecule has 1 N–H and O–H groups in total. The molecular weight excluding hydrogens is 244 g/mol. The van der Waals surface area contributed by atoms with Gasteiger partial charge in [-0.25, -0.2) is 0 Å². The van der Waals surface area contributed by atoms with Crippen LogP contribution in [0.4, 0.5) is 0 Å². The van der Waals surface area contributed by atoms with Crippen molar-refractivity contribution in [3.63, 3.8) is 0 Å². The Kier molecular flexibility index (Phi) is 4.45. The zero-order valence-corrected chi connectivity index (χ0v) is 11.7. The van der Waals surface area contributed by atoms with Crippen molar-refractivity contribution in [1.29, 1.82) is 0 Å². The summed E-state index contributed by atoms with van der Waals surface area (Å²) in [6, 6.07) is 10.2. The van der Waals surface area contributed by atoms with Crippen molar-refractivity contribution in [2.45, 2.75) is 26.8 Å². The van der Waals surface area contributed by atoms with Gasteiger partial charge in [-0.3, -0.25) is 0 Å². The van der Waals surface area contributed by atoms with Crippen molar-refractivity contribution in [2.24, 2.45) is 0 Å². The molecule has 2 aromatic rings. The van der Waals surface area contributed by atoms with Crippen molar-refractivity contribution in [2.75, 3.05) is 6.54 Å². The summed E-state index contributed by atoms with van der Waals surface area (Å²) in [5.74, 6) is 0. The summed E-state index contributed by atoms with van der Waals surface area (Å²) < 4.78 is 2.22. The van der Waals surface area contributed by atoms with E-state index in [4.69, 9.17) is 11.6 Å². The second-order valence-electron chi connectivity index (χ2n) is 4.48. The quantitative estimate of drug-likeness (QED) is 0.808. The van der Waals surface area contributed by atoms with Crippen LogP contribution in [0.3, 0.4) is 0 Å². The normalized spacial score (nSPS) is 10.8. The Balaban J connectivity index is 2.25. The van der Waals surface area contributed by atoms with E-state index in [0.29, 0.717) is 0 Å². The van der Waals surface area contributed by atoms with Gasteiger partial charge in [0.25, 0.3) is 0 Å². The zero-order chi connectivity index (χ0) is 13.0. The summed E-state index contributed by atoms with van der Waals surface area (Å²) >= 11 is 6.00. The maximum atomic E-state index is 6.00.